The third-order valence-corrected chi connectivity index (χ3v) is 3.81. The maximum Gasteiger partial charge on any atom is 0.163 e. The molecule has 2 atom stereocenters. The second kappa shape index (κ2) is 3.89. The summed E-state index contributed by atoms with van der Waals surface area (Å²) in [6.45, 7) is 3.81. The van der Waals surface area contributed by atoms with E-state index < -0.39 is 0 Å². The summed E-state index contributed by atoms with van der Waals surface area (Å²) < 4.78 is 5.29. The summed E-state index contributed by atoms with van der Waals surface area (Å²) in [4.78, 5) is 0. The minimum absolute atomic E-state index is 0.193. The van der Waals surface area contributed by atoms with Crippen LogP contribution >= 0.6 is 0 Å². The molecule has 1 saturated heterocycles. The van der Waals surface area contributed by atoms with Gasteiger partial charge < -0.3 is 20.5 Å². The second-order valence-electron chi connectivity index (χ2n) is 4.92. The number of hydrogen-bond donors (Lipinski definition) is 3. The molecule has 3 heterocycles. The smallest absolute Gasteiger partial charge is 0.163 e. The fraction of sp³-hybridized carbons (Fsp3) is 0.538. The molecule has 0 spiro atoms. The molecule has 2 unspecified atom stereocenters. The number of phenols is 1. The lowest BCUT2D eigenvalue weighted by Gasteiger charge is -2.27. The largest absolute Gasteiger partial charge is 0.504 e. The van der Waals surface area contributed by atoms with Gasteiger partial charge in [0.25, 0.3) is 0 Å². The first kappa shape index (κ1) is 10.9. The molecule has 4 nitrogen and oxygen atoms in total. The predicted molar refractivity (Wildman–Crippen MR) is 65.6 cm³/mol. The zero-order valence-electron chi connectivity index (χ0n) is 10.2. The lowest BCUT2D eigenvalue weighted by Crippen LogP contribution is -2.48. The fourth-order valence-electron chi connectivity index (χ4n) is 3.01. The summed E-state index contributed by atoms with van der Waals surface area (Å²) in [6.07, 6.45) is 0.969. The molecule has 0 aliphatic carbocycles. The highest BCUT2D eigenvalue weighted by Gasteiger charge is 2.32. The summed E-state index contributed by atoms with van der Waals surface area (Å²) in [7, 11) is 1.61. The van der Waals surface area contributed by atoms with Gasteiger partial charge in [0, 0.05) is 30.7 Å². The van der Waals surface area contributed by atoms with Gasteiger partial charge in [0.05, 0.1) is 7.11 Å². The minimum Gasteiger partial charge on any atom is -0.504 e. The van der Waals surface area contributed by atoms with Crippen molar-refractivity contribution < 1.29 is 9.84 Å². The van der Waals surface area contributed by atoms with Crippen molar-refractivity contribution in [3.8, 4) is 11.5 Å². The van der Waals surface area contributed by atoms with Crippen molar-refractivity contribution in [1.29, 1.82) is 0 Å². The summed E-state index contributed by atoms with van der Waals surface area (Å²) in [5, 5.41) is 17.3. The zero-order chi connectivity index (χ0) is 12.0. The first-order valence-corrected chi connectivity index (χ1v) is 6.06. The van der Waals surface area contributed by atoms with E-state index in [2.05, 4.69) is 16.7 Å². The van der Waals surface area contributed by atoms with Crippen molar-refractivity contribution >= 4 is 0 Å². The maximum absolute atomic E-state index is 10.4. The molecule has 0 aromatic heterocycles. The standard InChI is InChI=1S/C13H18N2O2/c1-7-3-8-4-9-5-15-10(6-14-9)11(8)12(16)13(7)17-2/h3,9-10,14-16H,4-6H2,1-2H3. The SMILES string of the molecule is COc1c(C)cc2c(c1O)C1CNC(CN1)C2. The van der Waals surface area contributed by atoms with E-state index in [4.69, 9.17) is 4.74 Å². The molecule has 3 aliphatic rings. The van der Waals surface area contributed by atoms with E-state index in [1.807, 2.05) is 6.92 Å². The Morgan fingerprint density at radius 3 is 2.82 bits per heavy atom. The van der Waals surface area contributed by atoms with Gasteiger partial charge in [0.1, 0.15) is 0 Å². The van der Waals surface area contributed by atoms with Crippen LogP contribution in [0.15, 0.2) is 6.07 Å². The number of benzene rings is 1. The lowest BCUT2D eigenvalue weighted by molar-refractivity contribution is 0.347. The molecule has 1 fully saturated rings. The molecule has 4 heteroatoms. The number of hydrogen-bond acceptors (Lipinski definition) is 4. The number of phenolic OH excluding ortho intramolecular Hbond substituents is 1. The highest BCUT2D eigenvalue weighted by Crippen LogP contribution is 2.41. The number of rotatable bonds is 1. The molecule has 3 N–H and O–H groups in total. The molecule has 1 aromatic rings. The number of piperazine rings is 1. The van der Waals surface area contributed by atoms with E-state index in [1.54, 1.807) is 7.11 Å². The van der Waals surface area contributed by atoms with E-state index in [0.717, 1.165) is 30.6 Å². The molecule has 0 amide bonds. The van der Waals surface area contributed by atoms with E-state index in [1.165, 1.54) is 5.56 Å². The number of fused-ring (bicyclic) bond motifs is 2. The number of ether oxygens (including phenoxy) is 1. The van der Waals surface area contributed by atoms with Crippen molar-refractivity contribution in [3.63, 3.8) is 0 Å². The van der Waals surface area contributed by atoms with Crippen molar-refractivity contribution in [2.24, 2.45) is 0 Å². The Morgan fingerprint density at radius 1 is 1.35 bits per heavy atom. The number of aryl methyl sites for hydroxylation is 1. The normalized spacial score (nSPS) is 26.5. The number of methoxy groups -OCH3 is 1. The third kappa shape index (κ3) is 1.59. The van der Waals surface area contributed by atoms with Crippen LogP contribution in [0.3, 0.4) is 0 Å². The molecule has 92 valence electrons. The molecular formula is C13H18N2O2. The average molecular weight is 234 g/mol. The Kier molecular flexibility index (Phi) is 2.49. The molecule has 2 bridgehead atoms. The van der Waals surface area contributed by atoms with E-state index in [9.17, 15) is 5.11 Å². The van der Waals surface area contributed by atoms with Gasteiger partial charge in [-0.3, -0.25) is 0 Å². The van der Waals surface area contributed by atoms with Gasteiger partial charge in [-0.25, -0.2) is 0 Å². The van der Waals surface area contributed by atoms with E-state index in [0.29, 0.717) is 17.5 Å². The maximum atomic E-state index is 10.4. The summed E-state index contributed by atoms with van der Waals surface area (Å²) >= 11 is 0. The Morgan fingerprint density at radius 2 is 2.18 bits per heavy atom. The first-order valence-electron chi connectivity index (χ1n) is 6.06. The van der Waals surface area contributed by atoms with Crippen LogP contribution in [0.1, 0.15) is 22.7 Å². The van der Waals surface area contributed by atoms with Gasteiger partial charge in [-0.2, -0.15) is 0 Å². The van der Waals surface area contributed by atoms with Crippen LogP contribution in [0.25, 0.3) is 0 Å². The van der Waals surface area contributed by atoms with Crippen LogP contribution in [0.5, 0.6) is 11.5 Å². The highest BCUT2D eigenvalue weighted by atomic mass is 16.5. The summed E-state index contributed by atoms with van der Waals surface area (Å²) in [6, 6.07) is 2.81. The van der Waals surface area contributed by atoms with Crippen LogP contribution in [0.4, 0.5) is 0 Å². The Balaban J connectivity index is 2.19. The van der Waals surface area contributed by atoms with Crippen LogP contribution in [-0.4, -0.2) is 31.3 Å². The summed E-state index contributed by atoms with van der Waals surface area (Å²) in [5.74, 6) is 0.917. The van der Waals surface area contributed by atoms with Crippen molar-refractivity contribution in [3.05, 3.63) is 22.8 Å². The minimum atomic E-state index is 0.193. The number of aromatic hydroxyl groups is 1. The first-order chi connectivity index (χ1) is 8.20. The molecule has 3 aliphatic heterocycles. The molecule has 1 aromatic carbocycles. The molecule has 0 radical (unpaired) electrons. The Labute approximate surface area is 101 Å². The van der Waals surface area contributed by atoms with Crippen LogP contribution in [0.2, 0.25) is 0 Å². The molecular weight excluding hydrogens is 216 g/mol. The summed E-state index contributed by atoms with van der Waals surface area (Å²) in [5.41, 5.74) is 3.26. The van der Waals surface area contributed by atoms with Crippen molar-refractivity contribution in [2.75, 3.05) is 20.2 Å². The quantitative estimate of drug-likeness (QED) is 0.675. The van der Waals surface area contributed by atoms with Gasteiger partial charge in [0.2, 0.25) is 0 Å². The predicted octanol–water partition coefficient (Wildman–Crippen LogP) is 0.868. The van der Waals surface area contributed by atoms with Gasteiger partial charge in [-0.1, -0.05) is 6.07 Å². The van der Waals surface area contributed by atoms with Crippen molar-refractivity contribution in [2.45, 2.75) is 25.4 Å². The molecule has 17 heavy (non-hydrogen) atoms. The van der Waals surface area contributed by atoms with Crippen LogP contribution < -0.4 is 15.4 Å². The monoisotopic (exact) mass is 234 g/mol. The zero-order valence-corrected chi connectivity index (χ0v) is 10.2. The van der Waals surface area contributed by atoms with Crippen molar-refractivity contribution in [1.82, 2.24) is 10.6 Å². The molecule has 0 saturated carbocycles. The average Bonchev–Trinajstić information content (AvgIpc) is 2.58. The highest BCUT2D eigenvalue weighted by molar-refractivity contribution is 5.56. The van der Waals surface area contributed by atoms with Crippen LogP contribution in [-0.2, 0) is 6.42 Å². The Hall–Kier alpha value is -1.26. The van der Waals surface area contributed by atoms with Gasteiger partial charge >= 0.3 is 0 Å². The van der Waals surface area contributed by atoms with Gasteiger partial charge in [-0.15, -0.1) is 0 Å². The van der Waals surface area contributed by atoms with E-state index >= 15 is 0 Å². The van der Waals surface area contributed by atoms with Gasteiger partial charge in [0.15, 0.2) is 11.5 Å². The van der Waals surface area contributed by atoms with Gasteiger partial charge in [-0.05, 0) is 24.5 Å². The molecule has 4 rings (SSSR count). The van der Waals surface area contributed by atoms with Crippen LogP contribution in [0, 0.1) is 6.92 Å². The fourth-order valence-corrected chi connectivity index (χ4v) is 3.01. The lowest BCUT2D eigenvalue weighted by atomic mass is 9.95. The van der Waals surface area contributed by atoms with E-state index in [-0.39, 0.29) is 6.04 Å². The topological polar surface area (TPSA) is 53.5 Å². The third-order valence-electron chi connectivity index (χ3n) is 3.81. The number of nitrogens with one attached hydrogen (secondary N) is 2. The Bertz CT molecular complexity index is 451. The second-order valence-corrected chi connectivity index (χ2v) is 4.92.